The maximum atomic E-state index is 13.1. The molecule has 1 heterocycles. The summed E-state index contributed by atoms with van der Waals surface area (Å²) in [6.07, 6.45) is 0. The summed E-state index contributed by atoms with van der Waals surface area (Å²) in [5.41, 5.74) is 8.34. The van der Waals surface area contributed by atoms with E-state index in [2.05, 4.69) is 6.58 Å². The van der Waals surface area contributed by atoms with E-state index in [1.807, 2.05) is 61.5 Å². The van der Waals surface area contributed by atoms with Gasteiger partial charge in [0, 0.05) is 6.54 Å². The second-order valence-corrected chi connectivity index (χ2v) is 7.47. The van der Waals surface area contributed by atoms with Gasteiger partial charge in [-0.3, -0.25) is 4.79 Å². The van der Waals surface area contributed by atoms with Crippen molar-refractivity contribution in [2.24, 2.45) is 11.7 Å². The molecule has 0 aliphatic carbocycles. The third-order valence-electron chi connectivity index (χ3n) is 4.31. The lowest BCUT2D eigenvalue weighted by atomic mass is 9.91. The molecule has 3 atom stereocenters. The molecule has 0 radical (unpaired) electrons. The normalized spacial score (nSPS) is 22.5. The van der Waals surface area contributed by atoms with Crippen molar-refractivity contribution in [3.63, 3.8) is 0 Å². The largest absolute Gasteiger partial charge is 0.369 e. The maximum absolute atomic E-state index is 13.1. The Bertz CT molecular complexity index is 787. The summed E-state index contributed by atoms with van der Waals surface area (Å²) < 4.78 is 14.9. The quantitative estimate of drug-likeness (QED) is 0.870. The van der Waals surface area contributed by atoms with Crippen LogP contribution < -0.4 is 5.73 Å². The lowest BCUT2D eigenvalue weighted by molar-refractivity contribution is -0.121. The standard InChI is InChI=1S/C19H20N2O2S/c1-13-8-10-16(11-9-13)24(23)21-12-14(2)17(19(20)22)18(21)15-6-4-3-5-7-15/h3-11,17-18H,2,12H2,1H3,(H2,20,22)/t17-,18+,24?/m1/s1. The van der Waals surface area contributed by atoms with E-state index in [0.717, 1.165) is 11.1 Å². The van der Waals surface area contributed by atoms with Gasteiger partial charge in [0.05, 0.1) is 16.9 Å². The second-order valence-electron chi connectivity index (χ2n) is 6.03. The predicted octanol–water partition coefficient (Wildman–Crippen LogP) is 2.73. The van der Waals surface area contributed by atoms with Gasteiger partial charge in [0.1, 0.15) is 11.0 Å². The third kappa shape index (κ3) is 3.05. The summed E-state index contributed by atoms with van der Waals surface area (Å²) in [7, 11) is -1.39. The molecule has 1 fully saturated rings. The molecular weight excluding hydrogens is 320 g/mol. The molecule has 1 amide bonds. The molecule has 24 heavy (non-hydrogen) atoms. The van der Waals surface area contributed by atoms with Crippen LogP contribution in [-0.2, 0) is 15.8 Å². The number of amides is 1. The average molecular weight is 340 g/mol. The number of hydrogen-bond donors (Lipinski definition) is 1. The lowest BCUT2D eigenvalue weighted by Gasteiger charge is -2.26. The molecule has 2 aromatic carbocycles. The van der Waals surface area contributed by atoms with Crippen LogP contribution in [0.5, 0.6) is 0 Å². The van der Waals surface area contributed by atoms with Crippen molar-refractivity contribution in [1.82, 2.24) is 4.31 Å². The second kappa shape index (κ2) is 6.71. The van der Waals surface area contributed by atoms with Gasteiger partial charge in [-0.05, 0) is 30.2 Å². The highest BCUT2D eigenvalue weighted by molar-refractivity contribution is 7.82. The molecule has 0 saturated carbocycles. The topological polar surface area (TPSA) is 63.4 Å². The van der Waals surface area contributed by atoms with E-state index in [1.165, 1.54) is 0 Å². The van der Waals surface area contributed by atoms with Crippen LogP contribution in [0, 0.1) is 12.8 Å². The van der Waals surface area contributed by atoms with Gasteiger partial charge >= 0.3 is 0 Å². The molecule has 2 aromatic rings. The van der Waals surface area contributed by atoms with Gasteiger partial charge in [-0.2, -0.15) is 0 Å². The van der Waals surface area contributed by atoms with E-state index in [-0.39, 0.29) is 6.04 Å². The Balaban J connectivity index is 2.01. The van der Waals surface area contributed by atoms with E-state index in [1.54, 1.807) is 4.31 Å². The van der Waals surface area contributed by atoms with Crippen LogP contribution in [0.25, 0.3) is 0 Å². The smallest absolute Gasteiger partial charge is 0.226 e. The zero-order chi connectivity index (χ0) is 17.3. The van der Waals surface area contributed by atoms with E-state index in [0.29, 0.717) is 17.0 Å². The summed E-state index contributed by atoms with van der Waals surface area (Å²) >= 11 is 0. The van der Waals surface area contributed by atoms with Gasteiger partial charge in [-0.25, -0.2) is 8.51 Å². The Morgan fingerprint density at radius 3 is 2.38 bits per heavy atom. The van der Waals surface area contributed by atoms with E-state index < -0.39 is 22.8 Å². The Morgan fingerprint density at radius 1 is 1.17 bits per heavy atom. The first-order valence-electron chi connectivity index (χ1n) is 7.76. The molecule has 1 aliphatic rings. The van der Waals surface area contributed by atoms with Crippen LogP contribution in [-0.4, -0.2) is 21.0 Å². The molecular formula is C19H20N2O2S. The van der Waals surface area contributed by atoms with Crippen molar-refractivity contribution in [2.75, 3.05) is 6.54 Å². The molecule has 4 nitrogen and oxygen atoms in total. The predicted molar refractivity (Wildman–Crippen MR) is 95.3 cm³/mol. The van der Waals surface area contributed by atoms with Crippen molar-refractivity contribution < 1.29 is 9.00 Å². The molecule has 1 saturated heterocycles. The number of benzene rings is 2. The van der Waals surface area contributed by atoms with Crippen molar-refractivity contribution >= 4 is 16.9 Å². The van der Waals surface area contributed by atoms with Gasteiger partial charge in [-0.1, -0.05) is 54.6 Å². The van der Waals surface area contributed by atoms with Crippen LogP contribution in [0.15, 0.2) is 71.6 Å². The molecule has 3 rings (SSSR count). The Labute approximate surface area is 144 Å². The zero-order valence-corrected chi connectivity index (χ0v) is 14.3. The number of aryl methyl sites for hydroxylation is 1. The van der Waals surface area contributed by atoms with Gasteiger partial charge in [-0.15, -0.1) is 0 Å². The fourth-order valence-corrected chi connectivity index (χ4v) is 4.48. The van der Waals surface area contributed by atoms with Crippen LogP contribution in [0.2, 0.25) is 0 Å². The molecule has 124 valence electrons. The summed E-state index contributed by atoms with van der Waals surface area (Å²) in [6.45, 7) is 6.37. The first-order chi connectivity index (χ1) is 11.5. The first kappa shape index (κ1) is 16.6. The highest BCUT2D eigenvalue weighted by Crippen LogP contribution is 2.41. The van der Waals surface area contributed by atoms with Crippen LogP contribution in [0.4, 0.5) is 0 Å². The summed E-state index contributed by atoms with van der Waals surface area (Å²) in [5, 5.41) is 0. The highest BCUT2D eigenvalue weighted by atomic mass is 32.2. The Morgan fingerprint density at radius 2 is 1.79 bits per heavy atom. The third-order valence-corrected chi connectivity index (χ3v) is 5.77. The molecule has 0 aromatic heterocycles. The number of carbonyl (C=O) groups is 1. The molecule has 0 spiro atoms. The van der Waals surface area contributed by atoms with Gasteiger partial charge in [0.2, 0.25) is 5.91 Å². The van der Waals surface area contributed by atoms with E-state index in [4.69, 9.17) is 5.73 Å². The van der Waals surface area contributed by atoms with E-state index >= 15 is 0 Å². The summed E-state index contributed by atoms with van der Waals surface area (Å²) in [4.78, 5) is 12.7. The Kier molecular flexibility index (Phi) is 4.64. The first-order valence-corrected chi connectivity index (χ1v) is 8.87. The van der Waals surface area contributed by atoms with Gasteiger partial charge < -0.3 is 5.73 Å². The molecule has 5 heteroatoms. The fraction of sp³-hybridized carbons (Fsp3) is 0.211. The van der Waals surface area contributed by atoms with Crippen LogP contribution >= 0.6 is 0 Å². The maximum Gasteiger partial charge on any atom is 0.226 e. The number of nitrogens with two attached hydrogens (primary N) is 1. The number of primary amides is 1. The average Bonchev–Trinajstić information content (AvgIpc) is 2.93. The monoisotopic (exact) mass is 340 g/mol. The van der Waals surface area contributed by atoms with Crippen molar-refractivity contribution in [1.29, 1.82) is 0 Å². The number of rotatable bonds is 4. The fourth-order valence-electron chi connectivity index (χ4n) is 3.10. The molecule has 2 N–H and O–H groups in total. The number of hydrogen-bond acceptors (Lipinski definition) is 2. The molecule has 1 unspecified atom stereocenters. The summed E-state index contributed by atoms with van der Waals surface area (Å²) in [5.74, 6) is -0.973. The molecule has 1 aliphatic heterocycles. The SMILES string of the molecule is C=C1CN(S(=O)c2ccc(C)cc2)[C@@H](c2ccccc2)[C@@H]1C(N)=O. The highest BCUT2D eigenvalue weighted by Gasteiger charge is 2.44. The minimum absolute atomic E-state index is 0.363. The lowest BCUT2D eigenvalue weighted by Crippen LogP contribution is -2.32. The van der Waals surface area contributed by atoms with Gasteiger partial charge in [0.15, 0.2) is 0 Å². The number of carbonyl (C=O) groups excluding carboxylic acids is 1. The van der Waals surface area contributed by atoms with Crippen molar-refractivity contribution in [2.45, 2.75) is 17.9 Å². The van der Waals surface area contributed by atoms with E-state index in [9.17, 15) is 9.00 Å². The van der Waals surface area contributed by atoms with Crippen molar-refractivity contribution in [3.05, 3.63) is 77.9 Å². The minimum atomic E-state index is -1.39. The molecule has 0 bridgehead atoms. The van der Waals surface area contributed by atoms with Crippen molar-refractivity contribution in [3.8, 4) is 0 Å². The minimum Gasteiger partial charge on any atom is -0.369 e. The van der Waals surface area contributed by atoms with Crippen LogP contribution in [0.3, 0.4) is 0 Å². The summed E-state index contributed by atoms with van der Waals surface area (Å²) in [6, 6.07) is 16.8. The zero-order valence-electron chi connectivity index (χ0n) is 13.5. The number of nitrogens with zero attached hydrogens (tertiary/aromatic N) is 1. The van der Waals surface area contributed by atoms with Crippen LogP contribution in [0.1, 0.15) is 17.2 Å². The Hall–Kier alpha value is -2.24. The van der Waals surface area contributed by atoms with Gasteiger partial charge in [0.25, 0.3) is 0 Å².